The molecule has 1 aromatic carbocycles. The first-order valence-corrected chi connectivity index (χ1v) is 6.67. The standard InChI is InChI=1S/C15H17NO4/c1-18-12-2-3-14-13(9-12)11(10-20-14)8-15(17)16-4-6-19-7-5-16/h2-3,9-10H,4-8H2,1H3. The molecule has 0 radical (unpaired) electrons. The van der Waals surface area contributed by atoms with Crippen LogP contribution < -0.4 is 4.74 Å². The van der Waals surface area contributed by atoms with Crippen molar-refractivity contribution >= 4 is 16.9 Å². The molecular formula is C15H17NO4. The van der Waals surface area contributed by atoms with E-state index in [0.717, 1.165) is 22.3 Å². The summed E-state index contributed by atoms with van der Waals surface area (Å²) in [6.45, 7) is 2.56. The lowest BCUT2D eigenvalue weighted by atomic mass is 10.1. The first kappa shape index (κ1) is 13.0. The van der Waals surface area contributed by atoms with Crippen LogP contribution >= 0.6 is 0 Å². The molecule has 106 valence electrons. The SMILES string of the molecule is COc1ccc2occ(CC(=O)N3CCOCC3)c2c1. The normalized spacial score (nSPS) is 15.6. The molecule has 1 fully saturated rings. The summed E-state index contributed by atoms with van der Waals surface area (Å²) >= 11 is 0. The van der Waals surface area contributed by atoms with Crippen molar-refractivity contribution in [3.05, 3.63) is 30.0 Å². The lowest BCUT2D eigenvalue weighted by Gasteiger charge is -2.26. The van der Waals surface area contributed by atoms with Crippen molar-refractivity contribution in [2.45, 2.75) is 6.42 Å². The van der Waals surface area contributed by atoms with Gasteiger partial charge in [0.05, 0.1) is 33.0 Å². The summed E-state index contributed by atoms with van der Waals surface area (Å²) in [5.41, 5.74) is 1.67. The van der Waals surface area contributed by atoms with Gasteiger partial charge in [0, 0.05) is 24.0 Å². The summed E-state index contributed by atoms with van der Waals surface area (Å²) in [5.74, 6) is 0.873. The molecule has 20 heavy (non-hydrogen) atoms. The van der Waals surface area contributed by atoms with Gasteiger partial charge in [-0.05, 0) is 18.2 Å². The number of amides is 1. The average molecular weight is 275 g/mol. The van der Waals surface area contributed by atoms with E-state index in [2.05, 4.69) is 0 Å². The van der Waals surface area contributed by atoms with Gasteiger partial charge in [0.15, 0.2) is 0 Å². The molecule has 0 bridgehead atoms. The molecule has 0 spiro atoms. The molecule has 5 nitrogen and oxygen atoms in total. The van der Waals surface area contributed by atoms with E-state index in [-0.39, 0.29) is 5.91 Å². The third-order valence-corrected chi connectivity index (χ3v) is 3.57. The minimum absolute atomic E-state index is 0.110. The van der Waals surface area contributed by atoms with Gasteiger partial charge in [0.25, 0.3) is 0 Å². The van der Waals surface area contributed by atoms with Gasteiger partial charge in [-0.15, -0.1) is 0 Å². The summed E-state index contributed by atoms with van der Waals surface area (Å²) in [6, 6.07) is 5.61. The highest BCUT2D eigenvalue weighted by molar-refractivity contribution is 5.88. The molecular weight excluding hydrogens is 258 g/mol. The van der Waals surface area contributed by atoms with E-state index in [9.17, 15) is 4.79 Å². The summed E-state index contributed by atoms with van der Waals surface area (Å²) in [4.78, 5) is 14.1. The molecule has 5 heteroatoms. The lowest BCUT2D eigenvalue weighted by Crippen LogP contribution is -2.41. The highest BCUT2D eigenvalue weighted by Crippen LogP contribution is 2.26. The minimum Gasteiger partial charge on any atom is -0.497 e. The van der Waals surface area contributed by atoms with E-state index in [0.29, 0.717) is 32.7 Å². The maximum atomic E-state index is 12.3. The Morgan fingerprint density at radius 1 is 1.35 bits per heavy atom. The van der Waals surface area contributed by atoms with Crippen LogP contribution in [-0.4, -0.2) is 44.2 Å². The van der Waals surface area contributed by atoms with Crippen LogP contribution in [0.2, 0.25) is 0 Å². The molecule has 1 aliphatic heterocycles. The molecule has 0 saturated carbocycles. The van der Waals surface area contributed by atoms with E-state index in [4.69, 9.17) is 13.9 Å². The zero-order valence-electron chi connectivity index (χ0n) is 11.4. The Labute approximate surface area is 117 Å². The van der Waals surface area contributed by atoms with Crippen LogP contribution in [0, 0.1) is 0 Å². The molecule has 2 heterocycles. The molecule has 0 unspecified atom stereocenters. The predicted octanol–water partition coefficient (Wildman–Crippen LogP) is 1.84. The van der Waals surface area contributed by atoms with Gasteiger partial charge in [-0.3, -0.25) is 4.79 Å². The number of methoxy groups -OCH3 is 1. The van der Waals surface area contributed by atoms with Gasteiger partial charge >= 0.3 is 0 Å². The first-order chi connectivity index (χ1) is 9.78. The Kier molecular flexibility index (Phi) is 3.60. The van der Waals surface area contributed by atoms with Crippen LogP contribution in [0.4, 0.5) is 0 Å². The molecule has 0 N–H and O–H groups in total. The topological polar surface area (TPSA) is 51.9 Å². The number of morpholine rings is 1. The first-order valence-electron chi connectivity index (χ1n) is 6.67. The third kappa shape index (κ3) is 2.49. The number of fused-ring (bicyclic) bond motifs is 1. The molecule has 0 atom stereocenters. The van der Waals surface area contributed by atoms with Gasteiger partial charge in [-0.2, -0.15) is 0 Å². The highest BCUT2D eigenvalue weighted by atomic mass is 16.5. The number of hydrogen-bond donors (Lipinski definition) is 0. The fraction of sp³-hybridized carbons (Fsp3) is 0.400. The fourth-order valence-electron chi connectivity index (χ4n) is 2.41. The monoisotopic (exact) mass is 275 g/mol. The predicted molar refractivity (Wildman–Crippen MR) is 73.9 cm³/mol. The smallest absolute Gasteiger partial charge is 0.227 e. The van der Waals surface area contributed by atoms with Crippen LogP contribution in [0.3, 0.4) is 0 Å². The van der Waals surface area contributed by atoms with E-state index in [1.54, 1.807) is 13.4 Å². The van der Waals surface area contributed by atoms with E-state index in [1.165, 1.54) is 0 Å². The summed E-state index contributed by atoms with van der Waals surface area (Å²) in [7, 11) is 1.62. The van der Waals surface area contributed by atoms with Crippen molar-refractivity contribution in [3.8, 4) is 5.75 Å². The Balaban J connectivity index is 1.81. The second-order valence-corrected chi connectivity index (χ2v) is 4.79. The van der Waals surface area contributed by atoms with Crippen molar-refractivity contribution in [1.29, 1.82) is 0 Å². The average Bonchev–Trinajstić information content (AvgIpc) is 2.90. The number of carbonyl (C=O) groups is 1. The summed E-state index contributed by atoms with van der Waals surface area (Å²) in [6.07, 6.45) is 2.00. The summed E-state index contributed by atoms with van der Waals surface area (Å²) < 4.78 is 16.0. The van der Waals surface area contributed by atoms with Crippen molar-refractivity contribution in [3.63, 3.8) is 0 Å². The number of ether oxygens (including phenoxy) is 2. The molecule has 3 rings (SSSR count). The maximum absolute atomic E-state index is 12.3. The second-order valence-electron chi connectivity index (χ2n) is 4.79. The van der Waals surface area contributed by atoms with Crippen LogP contribution in [0.5, 0.6) is 5.75 Å². The molecule has 2 aromatic rings. The molecule has 1 amide bonds. The minimum atomic E-state index is 0.110. The molecule has 1 aliphatic rings. The van der Waals surface area contributed by atoms with Gasteiger partial charge in [-0.25, -0.2) is 0 Å². The highest BCUT2D eigenvalue weighted by Gasteiger charge is 2.19. The van der Waals surface area contributed by atoms with E-state index in [1.807, 2.05) is 23.1 Å². The van der Waals surface area contributed by atoms with Crippen LogP contribution in [-0.2, 0) is 16.0 Å². The lowest BCUT2D eigenvalue weighted by molar-refractivity contribution is -0.134. The number of rotatable bonds is 3. The quantitative estimate of drug-likeness (QED) is 0.857. The Hall–Kier alpha value is -2.01. The van der Waals surface area contributed by atoms with Gasteiger partial charge < -0.3 is 18.8 Å². The van der Waals surface area contributed by atoms with E-state index < -0.39 is 0 Å². The molecule has 0 aliphatic carbocycles. The Morgan fingerprint density at radius 3 is 2.90 bits per heavy atom. The van der Waals surface area contributed by atoms with Crippen LogP contribution in [0.15, 0.2) is 28.9 Å². The van der Waals surface area contributed by atoms with Crippen molar-refractivity contribution in [2.75, 3.05) is 33.4 Å². The zero-order chi connectivity index (χ0) is 13.9. The number of nitrogens with zero attached hydrogens (tertiary/aromatic N) is 1. The number of hydrogen-bond acceptors (Lipinski definition) is 4. The van der Waals surface area contributed by atoms with Crippen molar-refractivity contribution in [2.24, 2.45) is 0 Å². The molecule has 1 saturated heterocycles. The van der Waals surface area contributed by atoms with Crippen LogP contribution in [0.1, 0.15) is 5.56 Å². The van der Waals surface area contributed by atoms with Crippen molar-refractivity contribution in [1.82, 2.24) is 4.90 Å². The van der Waals surface area contributed by atoms with Gasteiger partial charge in [-0.1, -0.05) is 0 Å². The zero-order valence-corrected chi connectivity index (χ0v) is 11.4. The maximum Gasteiger partial charge on any atom is 0.227 e. The fourth-order valence-corrected chi connectivity index (χ4v) is 2.41. The third-order valence-electron chi connectivity index (χ3n) is 3.57. The Morgan fingerprint density at radius 2 is 2.15 bits per heavy atom. The number of carbonyl (C=O) groups excluding carboxylic acids is 1. The summed E-state index contributed by atoms with van der Waals surface area (Å²) in [5, 5.41) is 0.936. The van der Waals surface area contributed by atoms with Gasteiger partial charge in [0.1, 0.15) is 11.3 Å². The molecule has 1 aromatic heterocycles. The Bertz CT molecular complexity index is 613. The number of furan rings is 1. The van der Waals surface area contributed by atoms with Crippen LogP contribution in [0.25, 0.3) is 11.0 Å². The largest absolute Gasteiger partial charge is 0.497 e. The second kappa shape index (κ2) is 5.54. The van der Waals surface area contributed by atoms with E-state index >= 15 is 0 Å². The van der Waals surface area contributed by atoms with Crippen molar-refractivity contribution < 1.29 is 18.7 Å². The van der Waals surface area contributed by atoms with Gasteiger partial charge in [0.2, 0.25) is 5.91 Å². The number of benzene rings is 1.